The van der Waals surface area contributed by atoms with Crippen molar-refractivity contribution in [1.29, 1.82) is 0 Å². The van der Waals surface area contributed by atoms with Crippen LogP contribution in [-0.2, 0) is 22.6 Å². The van der Waals surface area contributed by atoms with Gasteiger partial charge in [0.05, 0.1) is 0 Å². The number of carbonyl (C=O) groups is 2. The molecular weight excluding hydrogens is 396 g/mol. The molecule has 0 bridgehead atoms. The minimum atomic E-state index is -0.527. The molecule has 4 nitrogen and oxygen atoms in total. The Labute approximate surface area is 185 Å². The molecule has 0 saturated carbocycles. The molecule has 2 aromatic rings. The Hall–Kier alpha value is -2.33. The highest BCUT2D eigenvalue weighted by Crippen LogP contribution is 2.21. The first kappa shape index (κ1) is 23.9. The highest BCUT2D eigenvalue weighted by molar-refractivity contribution is 6.31. The number of hydrogen-bond acceptors (Lipinski definition) is 2. The summed E-state index contributed by atoms with van der Waals surface area (Å²) in [6, 6.07) is 15.2. The van der Waals surface area contributed by atoms with Gasteiger partial charge in [-0.2, -0.15) is 0 Å². The SMILES string of the molecule is CC[C@@H](C)NC(=O)[C@H](CC)N(Cc1ccccc1Cl)C(=O)CCc1ccc(C)cc1. The van der Waals surface area contributed by atoms with Crippen LogP contribution in [0.4, 0.5) is 0 Å². The van der Waals surface area contributed by atoms with Gasteiger partial charge in [-0.05, 0) is 50.3 Å². The molecule has 2 aromatic carbocycles. The Balaban J connectivity index is 2.21. The van der Waals surface area contributed by atoms with Gasteiger partial charge < -0.3 is 10.2 Å². The van der Waals surface area contributed by atoms with E-state index in [-0.39, 0.29) is 17.9 Å². The van der Waals surface area contributed by atoms with E-state index in [1.54, 1.807) is 4.90 Å². The van der Waals surface area contributed by atoms with E-state index in [0.29, 0.717) is 30.8 Å². The van der Waals surface area contributed by atoms with Gasteiger partial charge in [-0.1, -0.05) is 73.5 Å². The molecule has 0 saturated heterocycles. The van der Waals surface area contributed by atoms with E-state index in [0.717, 1.165) is 17.5 Å². The normalized spacial score (nSPS) is 12.8. The standard InChI is InChI=1S/C25H33ClN2O2/c1-5-19(4)27-25(30)23(6-2)28(17-21-9-7-8-10-22(21)26)24(29)16-15-20-13-11-18(3)12-14-20/h7-14,19,23H,5-6,15-17H2,1-4H3,(H,27,30)/t19-,23+/m1/s1. The number of aryl methyl sites for hydroxylation is 2. The number of amides is 2. The van der Waals surface area contributed by atoms with Crippen molar-refractivity contribution in [3.05, 3.63) is 70.2 Å². The molecule has 0 spiro atoms. The lowest BCUT2D eigenvalue weighted by Crippen LogP contribution is -2.50. The predicted molar refractivity (Wildman–Crippen MR) is 123 cm³/mol. The molecule has 0 aromatic heterocycles. The number of halogens is 1. The van der Waals surface area contributed by atoms with Crippen LogP contribution in [0.2, 0.25) is 5.02 Å². The van der Waals surface area contributed by atoms with Crippen LogP contribution in [0.1, 0.15) is 56.7 Å². The molecule has 162 valence electrons. The number of rotatable bonds is 10. The third-order valence-corrected chi connectivity index (χ3v) is 5.80. The zero-order chi connectivity index (χ0) is 22.1. The maximum atomic E-state index is 13.3. The largest absolute Gasteiger partial charge is 0.352 e. The number of carbonyl (C=O) groups excluding carboxylic acids is 2. The Kier molecular flexibility index (Phi) is 9.38. The molecule has 30 heavy (non-hydrogen) atoms. The van der Waals surface area contributed by atoms with Crippen molar-refractivity contribution >= 4 is 23.4 Å². The van der Waals surface area contributed by atoms with E-state index in [2.05, 4.69) is 17.4 Å². The molecule has 0 radical (unpaired) electrons. The summed E-state index contributed by atoms with van der Waals surface area (Å²) in [6.45, 7) is 8.30. The van der Waals surface area contributed by atoms with Crippen LogP contribution >= 0.6 is 11.6 Å². The summed E-state index contributed by atoms with van der Waals surface area (Å²) in [7, 11) is 0. The second kappa shape index (κ2) is 11.8. The van der Waals surface area contributed by atoms with E-state index in [4.69, 9.17) is 11.6 Å². The molecular formula is C25H33ClN2O2. The van der Waals surface area contributed by atoms with Gasteiger partial charge in [0.2, 0.25) is 11.8 Å². The monoisotopic (exact) mass is 428 g/mol. The second-order valence-corrected chi connectivity index (χ2v) is 8.25. The zero-order valence-corrected chi connectivity index (χ0v) is 19.2. The summed E-state index contributed by atoms with van der Waals surface area (Å²) < 4.78 is 0. The van der Waals surface area contributed by atoms with Gasteiger partial charge in [-0.25, -0.2) is 0 Å². The first-order valence-corrected chi connectivity index (χ1v) is 11.1. The Morgan fingerprint density at radius 1 is 1.03 bits per heavy atom. The van der Waals surface area contributed by atoms with Crippen molar-refractivity contribution < 1.29 is 9.59 Å². The Morgan fingerprint density at radius 2 is 1.70 bits per heavy atom. The van der Waals surface area contributed by atoms with E-state index in [9.17, 15) is 9.59 Å². The van der Waals surface area contributed by atoms with Gasteiger partial charge >= 0.3 is 0 Å². The van der Waals surface area contributed by atoms with Crippen LogP contribution in [0.5, 0.6) is 0 Å². The lowest BCUT2D eigenvalue weighted by Gasteiger charge is -2.31. The number of benzene rings is 2. The van der Waals surface area contributed by atoms with Crippen molar-refractivity contribution in [3.8, 4) is 0 Å². The third-order valence-electron chi connectivity index (χ3n) is 5.43. The third kappa shape index (κ3) is 6.88. The first-order chi connectivity index (χ1) is 14.3. The van der Waals surface area contributed by atoms with E-state index in [1.807, 2.05) is 64.1 Å². The summed E-state index contributed by atoms with van der Waals surface area (Å²) >= 11 is 6.36. The summed E-state index contributed by atoms with van der Waals surface area (Å²) in [5.74, 6) is -0.149. The Bertz CT molecular complexity index is 835. The molecule has 2 atom stereocenters. The summed E-state index contributed by atoms with van der Waals surface area (Å²) in [4.78, 5) is 27.9. The van der Waals surface area contributed by atoms with Crippen LogP contribution in [0.25, 0.3) is 0 Å². The molecule has 0 aliphatic heterocycles. The van der Waals surface area contributed by atoms with Gasteiger partial charge in [-0.15, -0.1) is 0 Å². The van der Waals surface area contributed by atoms with Crippen LogP contribution in [0.15, 0.2) is 48.5 Å². The topological polar surface area (TPSA) is 49.4 Å². The minimum absolute atomic E-state index is 0.0401. The van der Waals surface area contributed by atoms with Crippen LogP contribution in [0, 0.1) is 6.92 Å². The fourth-order valence-corrected chi connectivity index (χ4v) is 3.52. The van der Waals surface area contributed by atoms with Gasteiger partial charge in [0.1, 0.15) is 6.04 Å². The maximum Gasteiger partial charge on any atom is 0.243 e. The molecule has 5 heteroatoms. The van der Waals surface area contributed by atoms with Gasteiger partial charge in [0.15, 0.2) is 0 Å². The summed E-state index contributed by atoms with van der Waals surface area (Å²) in [5.41, 5.74) is 3.15. The average Bonchev–Trinajstić information content (AvgIpc) is 2.74. The summed E-state index contributed by atoms with van der Waals surface area (Å²) in [6.07, 6.45) is 2.37. The van der Waals surface area contributed by atoms with E-state index < -0.39 is 6.04 Å². The van der Waals surface area contributed by atoms with Crippen LogP contribution in [0.3, 0.4) is 0 Å². The van der Waals surface area contributed by atoms with Crippen molar-refractivity contribution in [2.75, 3.05) is 0 Å². The molecule has 0 heterocycles. The van der Waals surface area contributed by atoms with E-state index >= 15 is 0 Å². The molecule has 0 unspecified atom stereocenters. The zero-order valence-electron chi connectivity index (χ0n) is 18.5. The second-order valence-electron chi connectivity index (χ2n) is 7.84. The number of nitrogens with zero attached hydrogens (tertiary/aromatic N) is 1. The average molecular weight is 429 g/mol. The number of nitrogens with one attached hydrogen (secondary N) is 1. The van der Waals surface area contributed by atoms with Gasteiger partial charge in [0.25, 0.3) is 0 Å². The molecule has 0 aliphatic rings. The first-order valence-electron chi connectivity index (χ1n) is 10.7. The van der Waals surface area contributed by atoms with Crippen molar-refractivity contribution in [2.24, 2.45) is 0 Å². The molecule has 0 aliphatic carbocycles. The van der Waals surface area contributed by atoms with Crippen molar-refractivity contribution in [3.63, 3.8) is 0 Å². The fraction of sp³-hybridized carbons (Fsp3) is 0.440. The lowest BCUT2D eigenvalue weighted by atomic mass is 10.0. The molecule has 2 rings (SSSR count). The van der Waals surface area contributed by atoms with Gasteiger partial charge in [-0.3, -0.25) is 9.59 Å². The van der Waals surface area contributed by atoms with Crippen molar-refractivity contribution in [2.45, 2.75) is 72.0 Å². The lowest BCUT2D eigenvalue weighted by molar-refractivity contribution is -0.141. The van der Waals surface area contributed by atoms with Crippen molar-refractivity contribution in [1.82, 2.24) is 10.2 Å². The van der Waals surface area contributed by atoms with Crippen LogP contribution in [-0.4, -0.2) is 28.8 Å². The molecule has 0 fully saturated rings. The fourth-order valence-electron chi connectivity index (χ4n) is 3.32. The predicted octanol–water partition coefficient (Wildman–Crippen LogP) is 5.30. The summed E-state index contributed by atoms with van der Waals surface area (Å²) in [5, 5.41) is 3.63. The molecule has 1 N–H and O–H groups in total. The molecule has 2 amide bonds. The van der Waals surface area contributed by atoms with E-state index in [1.165, 1.54) is 5.56 Å². The highest BCUT2D eigenvalue weighted by Gasteiger charge is 2.29. The quantitative estimate of drug-likeness (QED) is 0.558. The minimum Gasteiger partial charge on any atom is -0.352 e. The number of hydrogen-bond donors (Lipinski definition) is 1. The Morgan fingerprint density at radius 3 is 2.30 bits per heavy atom. The van der Waals surface area contributed by atoms with Crippen LogP contribution < -0.4 is 5.32 Å². The van der Waals surface area contributed by atoms with Gasteiger partial charge in [0, 0.05) is 24.0 Å². The maximum absolute atomic E-state index is 13.3. The highest BCUT2D eigenvalue weighted by atomic mass is 35.5. The smallest absolute Gasteiger partial charge is 0.243 e.